The van der Waals surface area contributed by atoms with Gasteiger partial charge in [0.05, 0.1) is 12.7 Å². The Kier molecular flexibility index (Phi) is 5.69. The molecule has 1 N–H and O–H groups in total. The molecule has 5 heteroatoms. The van der Waals surface area contributed by atoms with Crippen LogP contribution < -0.4 is 10.1 Å². The number of nitrogens with one attached hydrogen (secondary N) is 1. The van der Waals surface area contributed by atoms with Crippen LogP contribution in [0.1, 0.15) is 23.6 Å². The van der Waals surface area contributed by atoms with Crippen molar-refractivity contribution >= 4 is 11.7 Å². The van der Waals surface area contributed by atoms with Gasteiger partial charge in [0.2, 0.25) is 0 Å². The molecule has 1 aromatic heterocycles. The number of aryl methyl sites for hydroxylation is 2. The van der Waals surface area contributed by atoms with E-state index in [1.165, 1.54) is 11.1 Å². The van der Waals surface area contributed by atoms with Gasteiger partial charge in [-0.05, 0) is 36.6 Å². The summed E-state index contributed by atoms with van der Waals surface area (Å²) in [7, 11) is 0. The molecular weight excluding hydrogens is 326 g/mol. The highest BCUT2D eigenvalue weighted by molar-refractivity contribution is 5.91. The summed E-state index contributed by atoms with van der Waals surface area (Å²) in [5, 5.41) is 7.14. The Hall–Kier alpha value is -3.08. The molecule has 0 saturated heterocycles. The van der Waals surface area contributed by atoms with Gasteiger partial charge in [0.25, 0.3) is 5.91 Å². The van der Waals surface area contributed by atoms with E-state index < -0.39 is 0 Å². The number of carbonyl (C=O) groups is 1. The molecule has 0 unspecified atom stereocenters. The number of aromatic nitrogens is 2. The van der Waals surface area contributed by atoms with Crippen LogP contribution in [0.3, 0.4) is 0 Å². The van der Waals surface area contributed by atoms with E-state index in [4.69, 9.17) is 4.74 Å². The quantitative estimate of drug-likeness (QED) is 0.705. The summed E-state index contributed by atoms with van der Waals surface area (Å²) in [6, 6.07) is 17.8. The lowest BCUT2D eigenvalue weighted by molar-refractivity contribution is -0.118. The summed E-state index contributed by atoms with van der Waals surface area (Å²) in [6.07, 6.45) is 2.65. The van der Waals surface area contributed by atoms with Crippen LogP contribution in [0, 0.1) is 6.92 Å². The van der Waals surface area contributed by atoms with Crippen LogP contribution in [0.25, 0.3) is 0 Å². The summed E-state index contributed by atoms with van der Waals surface area (Å²) >= 11 is 0. The van der Waals surface area contributed by atoms with Crippen LogP contribution in [-0.2, 0) is 17.8 Å². The minimum atomic E-state index is -0.213. The van der Waals surface area contributed by atoms with Gasteiger partial charge < -0.3 is 10.1 Å². The Bertz CT molecular complexity index is 852. The van der Waals surface area contributed by atoms with Gasteiger partial charge in [0.15, 0.2) is 6.61 Å². The zero-order valence-corrected chi connectivity index (χ0v) is 15.1. The van der Waals surface area contributed by atoms with Crippen LogP contribution in [0.5, 0.6) is 5.75 Å². The molecule has 0 atom stereocenters. The normalized spacial score (nSPS) is 10.5. The van der Waals surface area contributed by atoms with Crippen molar-refractivity contribution in [1.82, 2.24) is 9.78 Å². The molecule has 0 bridgehead atoms. The Morgan fingerprint density at radius 3 is 2.42 bits per heavy atom. The number of rotatable bonds is 7. The Morgan fingerprint density at radius 2 is 1.73 bits per heavy atom. The lowest BCUT2D eigenvalue weighted by atomic mass is 10.1. The van der Waals surface area contributed by atoms with Crippen LogP contribution in [0.4, 0.5) is 5.82 Å². The van der Waals surface area contributed by atoms with Crippen molar-refractivity contribution in [1.29, 1.82) is 0 Å². The average molecular weight is 349 g/mol. The van der Waals surface area contributed by atoms with E-state index in [1.807, 2.05) is 24.3 Å². The molecule has 0 aliphatic carbocycles. The molecule has 0 saturated carbocycles. The molecule has 0 radical (unpaired) electrons. The van der Waals surface area contributed by atoms with Crippen molar-refractivity contribution in [2.24, 2.45) is 0 Å². The molecule has 0 fully saturated rings. The van der Waals surface area contributed by atoms with Gasteiger partial charge in [0.1, 0.15) is 11.6 Å². The summed E-state index contributed by atoms with van der Waals surface area (Å²) in [6.45, 7) is 4.71. The molecule has 1 heterocycles. The molecule has 3 aromatic rings. The highest BCUT2D eigenvalue weighted by Gasteiger charge is 2.09. The number of anilines is 1. The third kappa shape index (κ3) is 4.72. The van der Waals surface area contributed by atoms with Gasteiger partial charge >= 0.3 is 0 Å². The minimum Gasteiger partial charge on any atom is -0.484 e. The molecule has 134 valence electrons. The van der Waals surface area contributed by atoms with E-state index in [-0.39, 0.29) is 12.5 Å². The number of carbonyl (C=O) groups excluding carboxylic acids is 1. The summed E-state index contributed by atoms with van der Waals surface area (Å²) in [5.41, 5.74) is 3.58. The molecule has 0 aliphatic heterocycles. The maximum absolute atomic E-state index is 12.2. The van der Waals surface area contributed by atoms with Gasteiger partial charge in [-0.2, -0.15) is 5.10 Å². The second kappa shape index (κ2) is 8.34. The Balaban J connectivity index is 1.56. The van der Waals surface area contributed by atoms with Crippen LogP contribution in [0.15, 0.2) is 60.8 Å². The number of ether oxygens (including phenoxy) is 1. The fourth-order valence-corrected chi connectivity index (χ4v) is 2.58. The Labute approximate surface area is 153 Å². The number of benzene rings is 2. The summed E-state index contributed by atoms with van der Waals surface area (Å²) in [4.78, 5) is 12.2. The number of nitrogens with zero attached hydrogens (tertiary/aromatic N) is 2. The second-order valence-electron chi connectivity index (χ2n) is 6.19. The molecule has 0 spiro atoms. The maximum atomic E-state index is 12.2. The summed E-state index contributed by atoms with van der Waals surface area (Å²) in [5.74, 6) is 1.13. The van der Waals surface area contributed by atoms with Gasteiger partial charge in [-0.3, -0.25) is 4.79 Å². The van der Waals surface area contributed by atoms with E-state index in [0.29, 0.717) is 18.1 Å². The van der Waals surface area contributed by atoms with Crippen LogP contribution in [-0.4, -0.2) is 22.3 Å². The highest BCUT2D eigenvalue weighted by atomic mass is 16.5. The predicted octanol–water partition coefficient (Wildman–Crippen LogP) is 3.82. The summed E-state index contributed by atoms with van der Waals surface area (Å²) < 4.78 is 7.31. The molecule has 26 heavy (non-hydrogen) atoms. The van der Waals surface area contributed by atoms with Gasteiger partial charge in [-0.15, -0.1) is 0 Å². The third-order valence-electron chi connectivity index (χ3n) is 4.14. The van der Waals surface area contributed by atoms with E-state index in [9.17, 15) is 4.79 Å². The lowest BCUT2D eigenvalue weighted by Gasteiger charge is -2.10. The first-order valence-corrected chi connectivity index (χ1v) is 8.73. The topological polar surface area (TPSA) is 56.1 Å². The van der Waals surface area contributed by atoms with Crippen molar-refractivity contribution in [3.05, 3.63) is 77.5 Å². The first-order chi connectivity index (χ1) is 12.6. The first kappa shape index (κ1) is 17.7. The highest BCUT2D eigenvalue weighted by Crippen LogP contribution is 2.14. The molecule has 3 rings (SSSR count). The predicted molar refractivity (Wildman–Crippen MR) is 102 cm³/mol. The van der Waals surface area contributed by atoms with Crippen molar-refractivity contribution in [2.75, 3.05) is 11.9 Å². The first-order valence-electron chi connectivity index (χ1n) is 8.73. The number of hydrogen-bond donors (Lipinski definition) is 1. The maximum Gasteiger partial charge on any atom is 0.263 e. The van der Waals surface area contributed by atoms with Crippen LogP contribution >= 0.6 is 0 Å². The fraction of sp³-hybridized carbons (Fsp3) is 0.238. The fourth-order valence-electron chi connectivity index (χ4n) is 2.58. The standard InChI is InChI=1S/C21H23N3O2/c1-3-17-8-10-19(11-9-17)26-15-21(25)23-20-12-13-22-24(20)14-18-6-4-16(2)5-7-18/h4-13H,3,14-15H2,1-2H3,(H,23,25). The largest absolute Gasteiger partial charge is 0.484 e. The van der Waals surface area contributed by atoms with E-state index in [2.05, 4.69) is 48.5 Å². The molecule has 5 nitrogen and oxygen atoms in total. The molecule has 2 aromatic carbocycles. The number of amides is 1. The average Bonchev–Trinajstić information content (AvgIpc) is 3.09. The van der Waals surface area contributed by atoms with Gasteiger partial charge in [-0.25, -0.2) is 4.68 Å². The van der Waals surface area contributed by atoms with Crippen molar-refractivity contribution in [2.45, 2.75) is 26.8 Å². The van der Waals surface area contributed by atoms with Crippen molar-refractivity contribution in [3.8, 4) is 5.75 Å². The van der Waals surface area contributed by atoms with E-state index in [1.54, 1.807) is 16.9 Å². The van der Waals surface area contributed by atoms with Crippen molar-refractivity contribution in [3.63, 3.8) is 0 Å². The zero-order chi connectivity index (χ0) is 18.4. The molecular formula is C21H23N3O2. The minimum absolute atomic E-state index is 0.0405. The van der Waals surface area contributed by atoms with Gasteiger partial charge in [-0.1, -0.05) is 48.9 Å². The third-order valence-corrected chi connectivity index (χ3v) is 4.14. The van der Waals surface area contributed by atoms with E-state index in [0.717, 1.165) is 12.0 Å². The lowest BCUT2D eigenvalue weighted by Crippen LogP contribution is -2.22. The molecule has 1 amide bonds. The van der Waals surface area contributed by atoms with Crippen molar-refractivity contribution < 1.29 is 9.53 Å². The van der Waals surface area contributed by atoms with Gasteiger partial charge in [0, 0.05) is 6.07 Å². The smallest absolute Gasteiger partial charge is 0.263 e. The van der Waals surface area contributed by atoms with Crippen LogP contribution in [0.2, 0.25) is 0 Å². The SMILES string of the molecule is CCc1ccc(OCC(=O)Nc2ccnn2Cc2ccc(C)cc2)cc1. The Morgan fingerprint density at radius 1 is 1.04 bits per heavy atom. The number of hydrogen-bond acceptors (Lipinski definition) is 3. The molecule has 0 aliphatic rings. The monoisotopic (exact) mass is 349 g/mol. The zero-order valence-electron chi connectivity index (χ0n) is 15.1. The van der Waals surface area contributed by atoms with E-state index >= 15 is 0 Å². The second-order valence-corrected chi connectivity index (χ2v) is 6.19.